The highest BCUT2D eigenvalue weighted by Crippen LogP contribution is 2.14. The molecule has 13 heavy (non-hydrogen) atoms. The summed E-state index contributed by atoms with van der Waals surface area (Å²) >= 11 is 0. The van der Waals surface area contributed by atoms with Crippen LogP contribution in [0.25, 0.3) is 0 Å². The molecule has 0 aromatic rings. The summed E-state index contributed by atoms with van der Waals surface area (Å²) in [5.41, 5.74) is 0.0822. The maximum Gasteiger partial charge on any atom is 0.254 e. The van der Waals surface area contributed by atoms with Gasteiger partial charge in [-0.25, -0.2) is 0 Å². The minimum atomic E-state index is -1.24. The first kappa shape index (κ1) is 10.3. The summed E-state index contributed by atoms with van der Waals surface area (Å²) in [5.74, 6) is -0.184. The summed E-state index contributed by atoms with van der Waals surface area (Å²) in [6.07, 6.45) is 2.95. The third-order valence-corrected chi connectivity index (χ3v) is 2.25. The lowest BCUT2D eigenvalue weighted by Crippen LogP contribution is -2.46. The fourth-order valence-electron chi connectivity index (χ4n) is 1.34. The summed E-state index contributed by atoms with van der Waals surface area (Å²) in [7, 11) is 0. The largest absolute Gasteiger partial charge is 0.381 e. The molecule has 3 nitrogen and oxygen atoms in total. The zero-order valence-corrected chi connectivity index (χ0v) is 8.50. The summed E-state index contributed by atoms with van der Waals surface area (Å²) in [6.45, 7) is 6.48. The highest BCUT2D eigenvalue weighted by atomic mass is 16.3. The van der Waals surface area contributed by atoms with Gasteiger partial charge in [-0.3, -0.25) is 4.79 Å². The molecule has 1 amide bonds. The molecule has 1 N–H and O–H groups in total. The topological polar surface area (TPSA) is 40.5 Å². The van der Waals surface area contributed by atoms with E-state index in [0.717, 1.165) is 13.0 Å². The predicted octanol–water partition coefficient (Wildman–Crippen LogP) is 0.936. The van der Waals surface area contributed by atoms with E-state index in [1.807, 2.05) is 6.08 Å². The Morgan fingerprint density at radius 1 is 1.62 bits per heavy atom. The number of amides is 1. The fourth-order valence-corrected chi connectivity index (χ4v) is 1.34. The lowest BCUT2D eigenvalue weighted by Gasteiger charge is -2.30. The normalized spacial score (nSPS) is 18.5. The molecule has 0 spiro atoms. The Hall–Kier alpha value is -0.830. The van der Waals surface area contributed by atoms with E-state index in [0.29, 0.717) is 6.54 Å². The van der Waals surface area contributed by atoms with E-state index in [9.17, 15) is 9.90 Å². The van der Waals surface area contributed by atoms with Crippen LogP contribution in [0.3, 0.4) is 0 Å². The predicted molar refractivity (Wildman–Crippen MR) is 51.3 cm³/mol. The molecule has 0 unspecified atom stereocenters. The second-order valence-corrected chi connectivity index (χ2v) is 4.11. The molecule has 0 bridgehead atoms. The van der Waals surface area contributed by atoms with Gasteiger partial charge in [0.1, 0.15) is 5.60 Å². The van der Waals surface area contributed by atoms with Crippen LogP contribution in [0.5, 0.6) is 0 Å². The molecule has 3 heteroatoms. The van der Waals surface area contributed by atoms with E-state index in [2.05, 4.69) is 6.92 Å². The molecule has 74 valence electrons. The fraction of sp³-hybridized carbons (Fsp3) is 0.700. The van der Waals surface area contributed by atoms with E-state index < -0.39 is 5.60 Å². The van der Waals surface area contributed by atoms with Crippen LogP contribution in [0.2, 0.25) is 0 Å². The highest BCUT2D eigenvalue weighted by molar-refractivity contribution is 5.84. The van der Waals surface area contributed by atoms with Crippen LogP contribution < -0.4 is 0 Å². The third-order valence-electron chi connectivity index (χ3n) is 2.25. The van der Waals surface area contributed by atoms with E-state index in [4.69, 9.17) is 0 Å². The maximum atomic E-state index is 11.6. The average molecular weight is 183 g/mol. The molecular weight excluding hydrogens is 166 g/mol. The van der Waals surface area contributed by atoms with Crippen LogP contribution in [-0.2, 0) is 4.79 Å². The molecule has 0 atom stereocenters. The van der Waals surface area contributed by atoms with Crippen molar-refractivity contribution in [2.45, 2.75) is 32.8 Å². The second-order valence-electron chi connectivity index (χ2n) is 4.11. The number of aliphatic hydroxyl groups is 1. The summed E-state index contributed by atoms with van der Waals surface area (Å²) in [5, 5.41) is 9.49. The summed E-state index contributed by atoms with van der Waals surface area (Å²) in [4.78, 5) is 13.3. The lowest BCUT2D eigenvalue weighted by molar-refractivity contribution is -0.147. The molecule has 1 aliphatic rings. The Labute approximate surface area is 79.0 Å². The molecular formula is C10H17NO2. The molecule has 0 saturated carbocycles. The summed E-state index contributed by atoms with van der Waals surface area (Å²) < 4.78 is 0. The molecule has 0 saturated heterocycles. The molecule has 1 aliphatic heterocycles. The molecule has 0 radical (unpaired) electrons. The van der Waals surface area contributed by atoms with Crippen LogP contribution in [0.4, 0.5) is 0 Å². The van der Waals surface area contributed by atoms with Crippen molar-refractivity contribution in [1.29, 1.82) is 0 Å². The van der Waals surface area contributed by atoms with Gasteiger partial charge in [-0.2, -0.15) is 0 Å². The van der Waals surface area contributed by atoms with Gasteiger partial charge in [-0.05, 0) is 27.2 Å². The van der Waals surface area contributed by atoms with Crippen molar-refractivity contribution < 1.29 is 9.90 Å². The van der Waals surface area contributed by atoms with E-state index >= 15 is 0 Å². The van der Waals surface area contributed by atoms with E-state index in [-0.39, 0.29) is 5.91 Å². The van der Waals surface area contributed by atoms with E-state index in [1.165, 1.54) is 19.4 Å². The Morgan fingerprint density at radius 3 is 2.62 bits per heavy atom. The summed E-state index contributed by atoms with van der Waals surface area (Å²) in [6, 6.07) is 0. The Kier molecular flexibility index (Phi) is 2.76. The number of rotatable bonds is 1. The van der Waals surface area contributed by atoms with Gasteiger partial charge in [0.2, 0.25) is 0 Å². The van der Waals surface area contributed by atoms with Crippen molar-refractivity contribution in [2.24, 2.45) is 0 Å². The number of nitrogens with zero attached hydrogens (tertiary/aromatic N) is 1. The van der Waals surface area contributed by atoms with Crippen molar-refractivity contribution in [3.63, 3.8) is 0 Å². The van der Waals surface area contributed by atoms with Crippen LogP contribution in [0.1, 0.15) is 27.2 Å². The first-order valence-corrected chi connectivity index (χ1v) is 4.58. The van der Waals surface area contributed by atoms with Gasteiger partial charge in [0.05, 0.1) is 0 Å². The first-order chi connectivity index (χ1) is 5.91. The zero-order chi connectivity index (χ0) is 10.1. The SMILES string of the molecule is CC1=CCN(C(=O)C(C)(C)O)CC1. The van der Waals surface area contributed by atoms with Crippen molar-refractivity contribution in [3.05, 3.63) is 11.6 Å². The maximum absolute atomic E-state index is 11.6. The number of hydrogen-bond acceptors (Lipinski definition) is 2. The Balaban J connectivity index is 2.61. The van der Waals surface area contributed by atoms with Gasteiger partial charge in [0.15, 0.2) is 0 Å². The molecule has 1 rings (SSSR count). The second kappa shape index (κ2) is 3.50. The van der Waals surface area contributed by atoms with Crippen molar-refractivity contribution >= 4 is 5.91 Å². The van der Waals surface area contributed by atoms with Gasteiger partial charge < -0.3 is 10.0 Å². The Morgan fingerprint density at radius 2 is 2.23 bits per heavy atom. The molecule has 0 aromatic heterocycles. The minimum Gasteiger partial charge on any atom is -0.381 e. The Bertz CT molecular complexity index is 238. The monoisotopic (exact) mass is 183 g/mol. The quantitative estimate of drug-likeness (QED) is 0.614. The molecule has 0 aliphatic carbocycles. The molecule has 1 heterocycles. The number of carbonyl (C=O) groups is 1. The third kappa shape index (κ3) is 2.56. The van der Waals surface area contributed by atoms with E-state index in [1.54, 1.807) is 4.90 Å². The van der Waals surface area contributed by atoms with Gasteiger partial charge in [-0.1, -0.05) is 11.6 Å². The van der Waals surface area contributed by atoms with Crippen molar-refractivity contribution in [3.8, 4) is 0 Å². The molecule has 0 fully saturated rings. The van der Waals surface area contributed by atoms with Gasteiger partial charge in [-0.15, -0.1) is 0 Å². The smallest absolute Gasteiger partial charge is 0.254 e. The van der Waals surface area contributed by atoms with Crippen molar-refractivity contribution in [2.75, 3.05) is 13.1 Å². The first-order valence-electron chi connectivity index (χ1n) is 4.58. The van der Waals surface area contributed by atoms with Crippen LogP contribution >= 0.6 is 0 Å². The standard InChI is InChI=1S/C10H17NO2/c1-8-4-6-11(7-5-8)9(12)10(2,3)13/h4,13H,5-7H2,1-3H3. The minimum absolute atomic E-state index is 0.184. The molecule has 0 aromatic carbocycles. The van der Waals surface area contributed by atoms with Crippen LogP contribution in [0, 0.1) is 0 Å². The van der Waals surface area contributed by atoms with Gasteiger partial charge in [0, 0.05) is 13.1 Å². The van der Waals surface area contributed by atoms with Gasteiger partial charge in [0.25, 0.3) is 5.91 Å². The highest BCUT2D eigenvalue weighted by Gasteiger charge is 2.29. The lowest BCUT2D eigenvalue weighted by atomic mass is 10.1. The zero-order valence-electron chi connectivity index (χ0n) is 8.50. The number of carbonyl (C=O) groups excluding carboxylic acids is 1. The van der Waals surface area contributed by atoms with Crippen molar-refractivity contribution in [1.82, 2.24) is 4.90 Å². The number of hydrogen-bond donors (Lipinski definition) is 1. The van der Waals surface area contributed by atoms with Gasteiger partial charge >= 0.3 is 0 Å². The average Bonchev–Trinajstić information content (AvgIpc) is 2.03. The van der Waals surface area contributed by atoms with Crippen LogP contribution in [-0.4, -0.2) is 34.6 Å². The van der Waals surface area contributed by atoms with Crippen LogP contribution in [0.15, 0.2) is 11.6 Å².